The van der Waals surface area contributed by atoms with Crippen LogP contribution in [0.1, 0.15) is 23.5 Å². The van der Waals surface area contributed by atoms with Crippen molar-refractivity contribution in [2.75, 3.05) is 38.3 Å². The van der Waals surface area contributed by atoms with Gasteiger partial charge in [-0.15, -0.1) is 0 Å². The van der Waals surface area contributed by atoms with Crippen LogP contribution in [0.15, 0.2) is 30.3 Å². The summed E-state index contributed by atoms with van der Waals surface area (Å²) in [6, 6.07) is 11.6. The third-order valence-electron chi connectivity index (χ3n) is 5.97. The lowest BCUT2D eigenvalue weighted by Crippen LogP contribution is -2.46. The molecular formula is C21H24N2O2. The Kier molecular flexibility index (Phi) is 3.42. The van der Waals surface area contributed by atoms with Crippen LogP contribution in [0.2, 0.25) is 0 Å². The van der Waals surface area contributed by atoms with Crippen molar-refractivity contribution in [2.24, 2.45) is 0 Å². The largest absolute Gasteiger partial charge is 0.497 e. The van der Waals surface area contributed by atoms with Crippen LogP contribution in [-0.2, 0) is 0 Å². The summed E-state index contributed by atoms with van der Waals surface area (Å²) in [7, 11) is 1.71. The molecule has 5 rings (SSSR count). The first-order chi connectivity index (χ1) is 12.3. The number of aryl methyl sites for hydroxylation is 1. The second-order valence-electron chi connectivity index (χ2n) is 7.30. The molecule has 0 saturated carbocycles. The lowest BCUT2D eigenvalue weighted by Gasteiger charge is -2.36. The van der Waals surface area contributed by atoms with Gasteiger partial charge in [-0.3, -0.25) is 0 Å². The maximum atomic E-state index is 6.08. The molecule has 2 aromatic rings. The van der Waals surface area contributed by atoms with Crippen LogP contribution >= 0.6 is 0 Å². The molecule has 4 nitrogen and oxygen atoms in total. The third-order valence-corrected chi connectivity index (χ3v) is 5.97. The van der Waals surface area contributed by atoms with Crippen molar-refractivity contribution in [1.82, 2.24) is 5.32 Å². The molecule has 0 aromatic heterocycles. The predicted molar refractivity (Wildman–Crippen MR) is 100 cm³/mol. The minimum absolute atomic E-state index is 0.572. The van der Waals surface area contributed by atoms with E-state index in [1.165, 1.54) is 34.4 Å². The Labute approximate surface area is 148 Å². The molecule has 3 aliphatic rings. The van der Waals surface area contributed by atoms with Crippen LogP contribution in [-0.4, -0.2) is 39.4 Å². The fraction of sp³-hybridized carbons (Fsp3) is 0.429. The predicted octanol–water partition coefficient (Wildman–Crippen LogP) is 3.33. The molecule has 0 amide bonds. The molecule has 3 heterocycles. The highest BCUT2D eigenvalue weighted by Gasteiger charge is 2.43. The number of anilines is 1. The van der Waals surface area contributed by atoms with Gasteiger partial charge >= 0.3 is 0 Å². The third kappa shape index (κ3) is 2.24. The van der Waals surface area contributed by atoms with E-state index in [9.17, 15) is 0 Å². The molecule has 2 atom stereocenters. The lowest BCUT2D eigenvalue weighted by molar-refractivity contribution is 0.295. The van der Waals surface area contributed by atoms with Crippen LogP contribution in [0.3, 0.4) is 0 Å². The fourth-order valence-electron chi connectivity index (χ4n) is 4.80. The monoisotopic (exact) mass is 336 g/mol. The Morgan fingerprint density at radius 3 is 3.00 bits per heavy atom. The molecule has 0 aliphatic carbocycles. The van der Waals surface area contributed by atoms with E-state index in [1.807, 2.05) is 6.07 Å². The molecule has 3 aliphatic heterocycles. The van der Waals surface area contributed by atoms with Gasteiger partial charge in [0.25, 0.3) is 0 Å². The van der Waals surface area contributed by atoms with Gasteiger partial charge in [0.05, 0.1) is 19.3 Å². The first kappa shape index (κ1) is 15.1. The highest BCUT2D eigenvalue weighted by atomic mass is 16.5. The van der Waals surface area contributed by atoms with Crippen molar-refractivity contribution >= 4 is 5.69 Å². The number of rotatable bonds is 2. The number of nitrogens with zero attached hydrogens (tertiary/aromatic N) is 1. The van der Waals surface area contributed by atoms with Gasteiger partial charge in [0.15, 0.2) is 0 Å². The number of nitrogens with one attached hydrogen (secondary N) is 1. The fourth-order valence-corrected chi connectivity index (χ4v) is 4.80. The van der Waals surface area contributed by atoms with Gasteiger partial charge in [0.2, 0.25) is 0 Å². The number of benzene rings is 2. The highest BCUT2D eigenvalue weighted by Crippen LogP contribution is 2.51. The van der Waals surface area contributed by atoms with E-state index < -0.39 is 0 Å². The van der Waals surface area contributed by atoms with Crippen molar-refractivity contribution < 1.29 is 9.47 Å². The van der Waals surface area contributed by atoms with E-state index in [4.69, 9.17) is 9.47 Å². The summed E-state index contributed by atoms with van der Waals surface area (Å²) in [6.07, 6.45) is 1.22. The van der Waals surface area contributed by atoms with Crippen LogP contribution < -0.4 is 19.7 Å². The number of fused-ring (bicyclic) bond motifs is 3. The van der Waals surface area contributed by atoms with Gasteiger partial charge in [-0.2, -0.15) is 0 Å². The zero-order valence-corrected chi connectivity index (χ0v) is 14.8. The molecule has 1 saturated heterocycles. The average molecular weight is 336 g/mol. The van der Waals surface area contributed by atoms with Gasteiger partial charge in [-0.25, -0.2) is 0 Å². The van der Waals surface area contributed by atoms with E-state index in [1.54, 1.807) is 7.11 Å². The Hall–Kier alpha value is -2.20. The summed E-state index contributed by atoms with van der Waals surface area (Å²) < 4.78 is 11.4. The molecule has 1 N–H and O–H groups in total. The zero-order valence-electron chi connectivity index (χ0n) is 14.8. The minimum Gasteiger partial charge on any atom is -0.497 e. The zero-order chi connectivity index (χ0) is 17.0. The maximum Gasteiger partial charge on any atom is 0.143 e. The van der Waals surface area contributed by atoms with Crippen molar-refractivity contribution in [3.63, 3.8) is 0 Å². The van der Waals surface area contributed by atoms with E-state index in [0.29, 0.717) is 12.0 Å². The van der Waals surface area contributed by atoms with Gasteiger partial charge in [-0.1, -0.05) is 6.07 Å². The smallest absolute Gasteiger partial charge is 0.143 e. The van der Waals surface area contributed by atoms with Crippen molar-refractivity contribution in [3.8, 4) is 22.6 Å². The van der Waals surface area contributed by atoms with Gasteiger partial charge in [-0.05, 0) is 66.4 Å². The maximum absolute atomic E-state index is 6.08. The Morgan fingerprint density at radius 1 is 1.24 bits per heavy atom. The second kappa shape index (κ2) is 5.67. The molecule has 1 fully saturated rings. The van der Waals surface area contributed by atoms with Crippen LogP contribution in [0, 0.1) is 6.92 Å². The van der Waals surface area contributed by atoms with Gasteiger partial charge < -0.3 is 19.7 Å². The Bertz CT molecular complexity index is 833. The normalized spacial score (nSPS) is 23.7. The first-order valence-corrected chi connectivity index (χ1v) is 9.19. The molecule has 0 unspecified atom stereocenters. The molecule has 0 spiro atoms. The van der Waals surface area contributed by atoms with E-state index in [2.05, 4.69) is 41.4 Å². The number of hydrogen-bond acceptors (Lipinski definition) is 4. The Balaban J connectivity index is 1.65. The van der Waals surface area contributed by atoms with E-state index >= 15 is 0 Å². The average Bonchev–Trinajstić information content (AvgIpc) is 2.97. The van der Waals surface area contributed by atoms with Crippen LogP contribution in [0.5, 0.6) is 11.5 Å². The number of piperidine rings is 1. The van der Waals surface area contributed by atoms with Gasteiger partial charge in [0, 0.05) is 18.5 Å². The summed E-state index contributed by atoms with van der Waals surface area (Å²) in [4.78, 5) is 2.60. The van der Waals surface area contributed by atoms with Gasteiger partial charge in [0.1, 0.15) is 18.1 Å². The summed E-state index contributed by atoms with van der Waals surface area (Å²) >= 11 is 0. The quantitative estimate of drug-likeness (QED) is 0.912. The number of methoxy groups -OCH3 is 1. The van der Waals surface area contributed by atoms with E-state index in [-0.39, 0.29) is 0 Å². The first-order valence-electron chi connectivity index (χ1n) is 9.19. The highest BCUT2D eigenvalue weighted by molar-refractivity contribution is 5.80. The van der Waals surface area contributed by atoms with Crippen LogP contribution in [0.25, 0.3) is 11.1 Å². The molecule has 0 bridgehead atoms. The van der Waals surface area contributed by atoms with Crippen LogP contribution in [0.4, 0.5) is 5.69 Å². The lowest BCUT2D eigenvalue weighted by atomic mass is 9.88. The standard InChI is InChI=1S/C21H24N2O2/c1-13-9-15(24-2)3-4-16(13)14-10-17-18-12-22-6-5-19(18)23-7-8-25-20(11-14)21(17)23/h3-4,9-11,18-19,22H,5-8,12H2,1-2H3/t18-,19-/m0/s1. The molecule has 0 radical (unpaired) electrons. The second-order valence-corrected chi connectivity index (χ2v) is 7.30. The summed E-state index contributed by atoms with van der Waals surface area (Å²) in [5.41, 5.74) is 6.55. The summed E-state index contributed by atoms with van der Waals surface area (Å²) in [5, 5.41) is 3.58. The van der Waals surface area contributed by atoms with Crippen molar-refractivity contribution in [2.45, 2.75) is 25.3 Å². The summed E-state index contributed by atoms with van der Waals surface area (Å²) in [6.45, 7) is 6.13. The van der Waals surface area contributed by atoms with E-state index in [0.717, 1.165) is 37.7 Å². The Morgan fingerprint density at radius 2 is 2.16 bits per heavy atom. The molecular weight excluding hydrogens is 312 g/mol. The molecule has 4 heteroatoms. The molecule has 2 aromatic carbocycles. The SMILES string of the molecule is COc1ccc(-c2cc3c4c(c2)[C@@H]2CNCC[C@@H]2N4CCO3)c(C)c1. The number of ether oxygens (including phenoxy) is 2. The minimum atomic E-state index is 0.572. The molecule has 130 valence electrons. The topological polar surface area (TPSA) is 33.7 Å². The van der Waals surface area contributed by atoms with Crippen molar-refractivity contribution in [1.29, 1.82) is 0 Å². The number of hydrogen-bond donors (Lipinski definition) is 1. The summed E-state index contributed by atoms with van der Waals surface area (Å²) in [5.74, 6) is 2.54. The molecule has 25 heavy (non-hydrogen) atoms. The van der Waals surface area contributed by atoms with Crippen molar-refractivity contribution in [3.05, 3.63) is 41.5 Å².